The molecule has 6 rings (SSSR count). The third kappa shape index (κ3) is 6.66. The predicted molar refractivity (Wildman–Crippen MR) is 174 cm³/mol. The zero-order valence-corrected chi connectivity index (χ0v) is 25.0. The van der Waals surface area contributed by atoms with E-state index in [-0.39, 0.29) is 17.1 Å². The second-order valence-electron chi connectivity index (χ2n) is 10.0. The van der Waals surface area contributed by atoms with Crippen LogP contribution in [0.2, 0.25) is 0 Å². The molecule has 2 heterocycles. The highest BCUT2D eigenvalue weighted by molar-refractivity contribution is 6.08. The van der Waals surface area contributed by atoms with E-state index in [0.717, 1.165) is 5.56 Å². The Morgan fingerprint density at radius 3 is 2.35 bits per heavy atom. The van der Waals surface area contributed by atoms with Crippen molar-refractivity contribution in [3.63, 3.8) is 0 Å². The van der Waals surface area contributed by atoms with Crippen molar-refractivity contribution < 1.29 is 28.1 Å². The van der Waals surface area contributed by atoms with Gasteiger partial charge in [-0.25, -0.2) is 9.37 Å². The number of pyridine rings is 2. The van der Waals surface area contributed by atoms with Gasteiger partial charge in [0, 0.05) is 35.6 Å². The summed E-state index contributed by atoms with van der Waals surface area (Å²) in [5.41, 5.74) is 2.75. The Balaban J connectivity index is 1.20. The van der Waals surface area contributed by atoms with Crippen LogP contribution >= 0.6 is 0 Å². The minimum absolute atomic E-state index is 0.00317. The van der Waals surface area contributed by atoms with Crippen molar-refractivity contribution in [1.82, 2.24) is 9.97 Å². The number of aromatic nitrogens is 2. The molecular weight excluding hydrogens is 587 g/mol. The Hall–Kier alpha value is -6.16. The zero-order chi connectivity index (χ0) is 31.9. The summed E-state index contributed by atoms with van der Waals surface area (Å²) in [4.78, 5) is 21.9. The molecule has 6 aromatic rings. The first-order chi connectivity index (χ1) is 22.5. The van der Waals surface area contributed by atoms with E-state index < -0.39 is 11.7 Å². The summed E-state index contributed by atoms with van der Waals surface area (Å²) in [7, 11) is 3.07. The molecule has 0 unspecified atom stereocenters. The van der Waals surface area contributed by atoms with E-state index in [4.69, 9.17) is 18.9 Å². The lowest BCUT2D eigenvalue weighted by atomic mass is 10.1. The molecule has 0 aliphatic rings. The van der Waals surface area contributed by atoms with Crippen molar-refractivity contribution in [2.24, 2.45) is 0 Å². The number of methoxy groups -OCH3 is 2. The summed E-state index contributed by atoms with van der Waals surface area (Å²) in [6.07, 6.45) is 3.12. The van der Waals surface area contributed by atoms with Crippen LogP contribution in [0.4, 0.5) is 21.6 Å². The average molecular weight is 617 g/mol. The van der Waals surface area contributed by atoms with Crippen molar-refractivity contribution in [1.29, 1.82) is 0 Å². The fraction of sp³-hybridized carbons (Fsp3) is 0.0833. The van der Waals surface area contributed by atoms with Gasteiger partial charge in [0.05, 0.1) is 31.0 Å². The van der Waals surface area contributed by atoms with Crippen molar-refractivity contribution >= 4 is 34.0 Å². The Morgan fingerprint density at radius 2 is 1.54 bits per heavy atom. The first-order valence-electron chi connectivity index (χ1n) is 14.3. The van der Waals surface area contributed by atoms with E-state index >= 15 is 4.39 Å². The average Bonchev–Trinajstić information content (AvgIpc) is 3.09. The number of fused-ring (bicyclic) bond motifs is 1. The van der Waals surface area contributed by atoms with Gasteiger partial charge in [-0.2, -0.15) is 0 Å². The molecule has 0 radical (unpaired) electrons. The number of hydrogen-bond donors (Lipinski definition) is 2. The van der Waals surface area contributed by atoms with Crippen LogP contribution in [0.5, 0.6) is 28.7 Å². The Labute approximate surface area is 264 Å². The van der Waals surface area contributed by atoms with Gasteiger partial charge in [-0.05, 0) is 54.1 Å². The van der Waals surface area contributed by atoms with Crippen LogP contribution in [0.25, 0.3) is 10.9 Å². The van der Waals surface area contributed by atoms with Crippen LogP contribution in [0.15, 0.2) is 116 Å². The topological polar surface area (TPSA) is 104 Å². The minimum Gasteiger partial charge on any atom is -0.495 e. The number of carbonyl (C=O) groups excluding carboxylic acids is 1. The summed E-state index contributed by atoms with van der Waals surface area (Å²) in [5.74, 6) is 1.13. The van der Waals surface area contributed by atoms with Gasteiger partial charge in [0.1, 0.15) is 23.9 Å². The summed E-state index contributed by atoms with van der Waals surface area (Å²) in [6.45, 7) is 0.358. The van der Waals surface area contributed by atoms with Gasteiger partial charge in [0.25, 0.3) is 5.91 Å². The van der Waals surface area contributed by atoms with Gasteiger partial charge in [0.15, 0.2) is 23.1 Å². The fourth-order valence-corrected chi connectivity index (χ4v) is 4.77. The number of nitrogens with zero attached hydrogens (tertiary/aromatic N) is 2. The van der Waals surface area contributed by atoms with Crippen LogP contribution < -0.4 is 29.6 Å². The molecule has 4 aromatic carbocycles. The maximum atomic E-state index is 15.4. The highest BCUT2D eigenvalue weighted by atomic mass is 19.1. The quantitative estimate of drug-likeness (QED) is 0.150. The predicted octanol–water partition coefficient (Wildman–Crippen LogP) is 8.15. The molecule has 230 valence electrons. The highest BCUT2D eigenvalue weighted by Gasteiger charge is 2.17. The van der Waals surface area contributed by atoms with Crippen LogP contribution in [0.3, 0.4) is 0 Å². The van der Waals surface area contributed by atoms with Gasteiger partial charge in [-0.3, -0.25) is 9.78 Å². The number of amides is 1. The van der Waals surface area contributed by atoms with Gasteiger partial charge in [-0.1, -0.05) is 42.5 Å². The summed E-state index contributed by atoms with van der Waals surface area (Å²) < 4.78 is 38.3. The molecule has 0 saturated heterocycles. The number of nitrogens with one attached hydrogen (secondary N) is 2. The Morgan fingerprint density at radius 1 is 0.739 bits per heavy atom. The number of carbonyl (C=O) groups is 1. The second-order valence-corrected chi connectivity index (χ2v) is 10.0. The second kappa shape index (κ2) is 13.6. The number of ether oxygens (including phenoxy) is 4. The molecule has 9 nitrogen and oxygen atoms in total. The SMILES string of the molecule is COc1ccccc1NC(=O)c1cccnc1Nc1ccc(Oc2ccnc3cc(OCc4ccccc4)c(OC)cc23)c(F)c1. The monoisotopic (exact) mass is 616 g/mol. The van der Waals surface area contributed by atoms with Crippen LogP contribution in [-0.2, 0) is 6.61 Å². The number of anilines is 3. The zero-order valence-electron chi connectivity index (χ0n) is 25.0. The fourth-order valence-electron chi connectivity index (χ4n) is 4.77. The molecule has 1 amide bonds. The van der Waals surface area contributed by atoms with Gasteiger partial charge < -0.3 is 29.6 Å². The normalized spacial score (nSPS) is 10.7. The van der Waals surface area contributed by atoms with Gasteiger partial charge in [0.2, 0.25) is 0 Å². The molecule has 2 N–H and O–H groups in total. The van der Waals surface area contributed by atoms with E-state index in [2.05, 4.69) is 20.6 Å². The first-order valence-corrected chi connectivity index (χ1v) is 14.3. The Kier molecular flexibility index (Phi) is 8.87. The lowest BCUT2D eigenvalue weighted by Crippen LogP contribution is -2.15. The lowest BCUT2D eigenvalue weighted by Gasteiger charge is -2.15. The summed E-state index contributed by atoms with van der Waals surface area (Å²) in [6, 6.07) is 29.7. The molecular formula is C36H29FN4O5. The summed E-state index contributed by atoms with van der Waals surface area (Å²) in [5, 5.41) is 6.49. The molecule has 0 spiro atoms. The molecule has 0 fully saturated rings. The Bertz CT molecular complexity index is 2010. The van der Waals surface area contributed by atoms with E-state index in [0.29, 0.717) is 51.9 Å². The maximum Gasteiger partial charge on any atom is 0.259 e. The molecule has 2 aromatic heterocycles. The highest BCUT2D eigenvalue weighted by Crippen LogP contribution is 2.38. The number of halogens is 1. The minimum atomic E-state index is -0.624. The summed E-state index contributed by atoms with van der Waals surface area (Å²) >= 11 is 0. The van der Waals surface area contributed by atoms with Crippen LogP contribution in [0, 0.1) is 5.82 Å². The number of benzene rings is 4. The number of para-hydroxylation sites is 2. The lowest BCUT2D eigenvalue weighted by molar-refractivity contribution is 0.102. The van der Waals surface area contributed by atoms with Gasteiger partial charge >= 0.3 is 0 Å². The smallest absolute Gasteiger partial charge is 0.259 e. The molecule has 10 heteroatoms. The molecule has 0 bridgehead atoms. The molecule has 0 aliphatic carbocycles. The van der Waals surface area contributed by atoms with E-state index in [1.54, 1.807) is 74.0 Å². The van der Waals surface area contributed by atoms with E-state index in [1.165, 1.54) is 25.4 Å². The molecule has 46 heavy (non-hydrogen) atoms. The van der Waals surface area contributed by atoms with E-state index in [1.807, 2.05) is 30.3 Å². The van der Waals surface area contributed by atoms with Crippen molar-refractivity contribution in [3.8, 4) is 28.7 Å². The van der Waals surface area contributed by atoms with Crippen LogP contribution in [-0.4, -0.2) is 30.1 Å². The number of rotatable bonds is 11. The van der Waals surface area contributed by atoms with Crippen molar-refractivity contribution in [2.45, 2.75) is 6.61 Å². The van der Waals surface area contributed by atoms with Crippen molar-refractivity contribution in [3.05, 3.63) is 132 Å². The molecule has 0 saturated carbocycles. The third-order valence-corrected chi connectivity index (χ3v) is 7.05. The molecule has 0 atom stereocenters. The largest absolute Gasteiger partial charge is 0.495 e. The number of hydrogen-bond acceptors (Lipinski definition) is 8. The van der Waals surface area contributed by atoms with Crippen LogP contribution in [0.1, 0.15) is 15.9 Å². The van der Waals surface area contributed by atoms with Crippen molar-refractivity contribution in [2.75, 3.05) is 24.9 Å². The van der Waals surface area contributed by atoms with E-state index in [9.17, 15) is 4.79 Å². The molecule has 0 aliphatic heterocycles. The first kappa shape index (κ1) is 29.9. The standard InChI is InChI=1S/C36H29FN4O5/c1-43-32-13-7-6-12-28(32)41-36(42)25-11-8-17-39-35(25)40-24-14-15-31(27(37)19-24)46-30-16-18-38-29-21-34(33(44-2)20-26(29)30)45-22-23-9-4-3-5-10-23/h3-21H,22H2,1-2H3,(H,39,40)(H,41,42). The third-order valence-electron chi connectivity index (χ3n) is 7.05. The van der Waals surface area contributed by atoms with Gasteiger partial charge in [-0.15, -0.1) is 0 Å². The maximum absolute atomic E-state index is 15.4.